The van der Waals surface area contributed by atoms with Crippen molar-refractivity contribution in [2.45, 2.75) is 51.0 Å². The molecule has 1 unspecified atom stereocenters. The third kappa shape index (κ3) is 4.31. The van der Waals surface area contributed by atoms with Gasteiger partial charge in [-0.15, -0.1) is 0 Å². The quantitative estimate of drug-likeness (QED) is 0.173. The minimum atomic E-state index is -0.959. The molecule has 3 N–H and O–H groups in total. The van der Waals surface area contributed by atoms with Crippen molar-refractivity contribution in [1.82, 2.24) is 4.98 Å². The normalized spacial score (nSPS) is 21.6. The Kier molecular flexibility index (Phi) is 6.35. The summed E-state index contributed by atoms with van der Waals surface area (Å²) in [6, 6.07) is 26.5. The van der Waals surface area contributed by atoms with Crippen LogP contribution in [0.3, 0.4) is 0 Å². The fraction of sp³-hybridized carbons (Fsp3) is 0.306. The van der Waals surface area contributed by atoms with Gasteiger partial charge in [-0.1, -0.05) is 72.8 Å². The number of carboxylic acids is 1. The van der Waals surface area contributed by atoms with Crippen molar-refractivity contribution in [3.8, 4) is 16.9 Å². The van der Waals surface area contributed by atoms with Crippen LogP contribution in [-0.4, -0.2) is 27.8 Å². The SMILES string of the molecule is Cc1c(-c2cccc3c(CCCOc4cccc5ccccc45)c(C(=O)O)[nH]c23)cccc1C1(O)C[C@@H]2CC[C@H]1C2. The number of benzene rings is 4. The number of hydrogen-bond donors (Lipinski definition) is 3. The number of aromatic amines is 1. The molecule has 2 aliphatic carbocycles. The van der Waals surface area contributed by atoms with Gasteiger partial charge < -0.3 is 19.9 Å². The van der Waals surface area contributed by atoms with Crippen molar-refractivity contribution in [3.63, 3.8) is 0 Å². The molecule has 0 radical (unpaired) electrons. The summed E-state index contributed by atoms with van der Waals surface area (Å²) in [6.45, 7) is 2.58. The zero-order valence-electron chi connectivity index (χ0n) is 23.3. The lowest BCUT2D eigenvalue weighted by Crippen LogP contribution is -2.33. The van der Waals surface area contributed by atoms with Gasteiger partial charge in [0.1, 0.15) is 11.4 Å². The van der Waals surface area contributed by atoms with Gasteiger partial charge in [0.25, 0.3) is 0 Å². The van der Waals surface area contributed by atoms with Crippen molar-refractivity contribution in [2.24, 2.45) is 11.8 Å². The second kappa shape index (κ2) is 10.1. The molecule has 1 heterocycles. The molecule has 2 saturated carbocycles. The first kappa shape index (κ1) is 25.8. The van der Waals surface area contributed by atoms with E-state index >= 15 is 0 Å². The monoisotopic (exact) mass is 545 g/mol. The molecule has 208 valence electrons. The zero-order valence-corrected chi connectivity index (χ0v) is 23.3. The smallest absolute Gasteiger partial charge is 0.352 e. The fourth-order valence-electron chi connectivity index (χ4n) is 7.72. The van der Waals surface area contributed by atoms with Crippen molar-refractivity contribution < 1.29 is 19.7 Å². The Balaban J connectivity index is 1.19. The van der Waals surface area contributed by atoms with E-state index in [-0.39, 0.29) is 5.69 Å². The highest BCUT2D eigenvalue weighted by atomic mass is 16.5. The Bertz CT molecular complexity index is 1780. The van der Waals surface area contributed by atoms with Crippen LogP contribution >= 0.6 is 0 Å². The molecule has 0 aliphatic heterocycles. The number of H-pyrrole nitrogens is 1. The molecule has 3 atom stereocenters. The lowest BCUT2D eigenvalue weighted by molar-refractivity contribution is -0.0187. The highest BCUT2D eigenvalue weighted by Crippen LogP contribution is 2.56. The van der Waals surface area contributed by atoms with Gasteiger partial charge in [-0.2, -0.15) is 0 Å². The third-order valence-corrected chi connectivity index (χ3v) is 9.64. The van der Waals surface area contributed by atoms with Crippen LogP contribution in [0.1, 0.15) is 59.3 Å². The number of carboxylic acid groups (broad SMARTS) is 1. The first-order chi connectivity index (χ1) is 19.9. The largest absolute Gasteiger partial charge is 0.493 e. The van der Waals surface area contributed by atoms with Gasteiger partial charge in [0, 0.05) is 16.3 Å². The highest BCUT2D eigenvalue weighted by molar-refractivity contribution is 6.03. The maximum absolute atomic E-state index is 12.4. The number of aliphatic hydroxyl groups is 1. The summed E-state index contributed by atoms with van der Waals surface area (Å²) in [5.41, 5.74) is 5.20. The Morgan fingerprint density at radius 1 is 0.951 bits per heavy atom. The van der Waals surface area contributed by atoms with Gasteiger partial charge in [-0.3, -0.25) is 0 Å². The number of aromatic nitrogens is 1. The number of aromatic carboxylic acids is 1. The summed E-state index contributed by atoms with van der Waals surface area (Å²) in [7, 11) is 0. The Morgan fingerprint density at radius 3 is 2.51 bits per heavy atom. The van der Waals surface area contributed by atoms with E-state index in [2.05, 4.69) is 48.3 Å². The standard InChI is InChI=1S/C36H35NO4/c1-22-26(11-6-15-31(22)36(40)21-23-17-18-25(36)20-23)28-12-5-13-29-30(34(35(38)39)37-33(28)29)14-7-19-41-32-16-4-9-24-8-2-3-10-27(24)32/h2-6,8-13,15-16,23,25,37,40H,7,14,17-21H2,1H3,(H,38,39)/t23-,25+,36?/m1/s1. The first-order valence-corrected chi connectivity index (χ1v) is 14.7. The summed E-state index contributed by atoms with van der Waals surface area (Å²) in [4.78, 5) is 15.6. The van der Waals surface area contributed by atoms with Crippen LogP contribution in [0.4, 0.5) is 0 Å². The van der Waals surface area contributed by atoms with Gasteiger partial charge in [0.15, 0.2) is 0 Å². The fourth-order valence-corrected chi connectivity index (χ4v) is 7.72. The number of rotatable bonds is 8. The van der Waals surface area contributed by atoms with E-state index in [1.165, 1.54) is 6.42 Å². The molecule has 0 amide bonds. The van der Waals surface area contributed by atoms with E-state index in [0.717, 1.165) is 74.5 Å². The molecule has 2 fully saturated rings. The molecular formula is C36H35NO4. The van der Waals surface area contributed by atoms with Crippen LogP contribution in [0.25, 0.3) is 32.8 Å². The van der Waals surface area contributed by atoms with Crippen LogP contribution in [0.15, 0.2) is 78.9 Å². The minimum Gasteiger partial charge on any atom is -0.493 e. The van der Waals surface area contributed by atoms with Gasteiger partial charge in [-0.25, -0.2) is 4.79 Å². The summed E-state index contributed by atoms with van der Waals surface area (Å²) in [5, 5.41) is 25.1. The lowest BCUT2D eigenvalue weighted by Gasteiger charge is -2.34. The Hall–Kier alpha value is -4.09. The van der Waals surface area contributed by atoms with Gasteiger partial charge in [0.2, 0.25) is 0 Å². The number of fused-ring (bicyclic) bond motifs is 4. The molecule has 2 bridgehead atoms. The molecule has 1 aromatic heterocycles. The number of aryl methyl sites for hydroxylation is 1. The van der Waals surface area contributed by atoms with Crippen LogP contribution < -0.4 is 4.74 Å². The summed E-state index contributed by atoms with van der Waals surface area (Å²) < 4.78 is 6.15. The van der Waals surface area contributed by atoms with E-state index in [1.807, 2.05) is 42.5 Å². The van der Waals surface area contributed by atoms with Crippen LogP contribution in [-0.2, 0) is 12.0 Å². The van der Waals surface area contributed by atoms with E-state index in [1.54, 1.807) is 0 Å². The van der Waals surface area contributed by atoms with Gasteiger partial charge in [0.05, 0.1) is 17.7 Å². The van der Waals surface area contributed by atoms with Crippen LogP contribution in [0, 0.1) is 18.8 Å². The topological polar surface area (TPSA) is 82.5 Å². The average molecular weight is 546 g/mol. The zero-order chi connectivity index (χ0) is 28.1. The summed E-state index contributed by atoms with van der Waals surface area (Å²) in [5.74, 6) is 0.823. The number of hydrogen-bond acceptors (Lipinski definition) is 3. The molecular weight excluding hydrogens is 510 g/mol. The van der Waals surface area contributed by atoms with E-state index in [4.69, 9.17) is 4.74 Å². The van der Waals surface area contributed by atoms with E-state index in [0.29, 0.717) is 31.3 Å². The maximum atomic E-state index is 12.4. The summed E-state index contributed by atoms with van der Waals surface area (Å²) >= 11 is 0. The predicted molar refractivity (Wildman–Crippen MR) is 163 cm³/mol. The molecule has 7 rings (SSSR count). The van der Waals surface area contributed by atoms with E-state index < -0.39 is 11.6 Å². The van der Waals surface area contributed by atoms with Gasteiger partial charge in [-0.05, 0) is 91.0 Å². The van der Waals surface area contributed by atoms with Crippen LogP contribution in [0.2, 0.25) is 0 Å². The molecule has 5 nitrogen and oxygen atoms in total. The molecule has 41 heavy (non-hydrogen) atoms. The molecule has 0 spiro atoms. The van der Waals surface area contributed by atoms with Gasteiger partial charge >= 0.3 is 5.97 Å². The Morgan fingerprint density at radius 2 is 1.71 bits per heavy atom. The number of para-hydroxylation sites is 1. The third-order valence-electron chi connectivity index (χ3n) is 9.64. The Labute approximate surface area is 239 Å². The minimum absolute atomic E-state index is 0.234. The van der Waals surface area contributed by atoms with Crippen molar-refractivity contribution in [3.05, 3.63) is 101 Å². The number of nitrogens with one attached hydrogen (secondary N) is 1. The molecule has 5 heteroatoms. The molecule has 4 aromatic carbocycles. The highest BCUT2D eigenvalue weighted by Gasteiger charge is 2.51. The predicted octanol–water partition coefficient (Wildman–Crippen LogP) is 8.01. The average Bonchev–Trinajstić information content (AvgIpc) is 3.69. The first-order valence-electron chi connectivity index (χ1n) is 14.7. The number of carbonyl (C=O) groups is 1. The molecule has 0 saturated heterocycles. The molecule has 2 aliphatic rings. The van der Waals surface area contributed by atoms with Crippen molar-refractivity contribution >= 4 is 27.6 Å². The van der Waals surface area contributed by atoms with Crippen LogP contribution in [0.5, 0.6) is 5.75 Å². The lowest BCUT2D eigenvalue weighted by atomic mass is 9.76. The second-order valence-corrected chi connectivity index (χ2v) is 11.9. The van der Waals surface area contributed by atoms with Crippen molar-refractivity contribution in [1.29, 1.82) is 0 Å². The maximum Gasteiger partial charge on any atom is 0.352 e. The number of ether oxygens (including phenoxy) is 1. The second-order valence-electron chi connectivity index (χ2n) is 11.9. The van der Waals surface area contributed by atoms with Crippen molar-refractivity contribution in [2.75, 3.05) is 6.61 Å². The summed E-state index contributed by atoms with van der Waals surface area (Å²) in [6.07, 6.45) is 5.53. The molecule has 5 aromatic rings. The van der Waals surface area contributed by atoms with E-state index in [9.17, 15) is 15.0 Å².